The summed E-state index contributed by atoms with van der Waals surface area (Å²) in [5.74, 6) is 0.972. The monoisotopic (exact) mass is 441 g/mol. The maximum Gasteiger partial charge on any atom is 0.345 e. The van der Waals surface area contributed by atoms with Gasteiger partial charge in [0.05, 0.1) is 40.2 Å². The van der Waals surface area contributed by atoms with Gasteiger partial charge in [0.25, 0.3) is 0 Å². The van der Waals surface area contributed by atoms with Gasteiger partial charge in [-0.25, -0.2) is 9.18 Å². The highest BCUT2D eigenvalue weighted by Gasteiger charge is 2.16. The van der Waals surface area contributed by atoms with Crippen molar-refractivity contribution in [2.24, 2.45) is 0 Å². The molecule has 0 saturated heterocycles. The van der Waals surface area contributed by atoms with E-state index in [-0.39, 0.29) is 11.3 Å². The summed E-state index contributed by atoms with van der Waals surface area (Å²) in [6.45, 7) is 0. The molecule has 0 fully saturated rings. The Morgan fingerprint density at radius 1 is 0.781 bits per heavy atom. The third kappa shape index (κ3) is 5.26. The predicted octanol–water partition coefficient (Wildman–Crippen LogP) is 4.26. The van der Waals surface area contributed by atoms with Gasteiger partial charge in [-0.1, -0.05) is 6.07 Å². The lowest BCUT2D eigenvalue weighted by atomic mass is 10.0. The van der Waals surface area contributed by atoms with E-state index in [1.54, 1.807) is 33.5 Å². The van der Waals surface area contributed by atoms with E-state index in [4.69, 9.17) is 23.7 Å². The van der Waals surface area contributed by atoms with Crippen LogP contribution in [-0.2, 0) is 12.8 Å². The van der Waals surface area contributed by atoms with Gasteiger partial charge in [-0.05, 0) is 54.3 Å². The molecular weight excluding hydrogens is 417 g/mol. The normalized spacial score (nSPS) is 10.4. The minimum Gasteiger partial charge on any atom is -0.493 e. The fourth-order valence-corrected chi connectivity index (χ4v) is 3.21. The Labute approximate surface area is 185 Å². The molecule has 3 aromatic rings. The summed E-state index contributed by atoms with van der Waals surface area (Å²) in [5, 5.41) is 0. The second-order valence-electron chi connectivity index (χ2n) is 6.80. The summed E-state index contributed by atoms with van der Waals surface area (Å²) in [6.07, 6.45) is 3.58. The fourth-order valence-electron chi connectivity index (χ4n) is 3.21. The summed E-state index contributed by atoms with van der Waals surface area (Å²) in [4.78, 5) is 16.1. The highest BCUT2D eigenvalue weighted by Crippen LogP contribution is 2.38. The van der Waals surface area contributed by atoms with Crippen LogP contribution in [0, 0.1) is 5.82 Å². The maximum atomic E-state index is 13.4. The van der Waals surface area contributed by atoms with E-state index < -0.39 is 11.8 Å². The molecule has 1 aromatic heterocycles. The highest BCUT2D eigenvalue weighted by molar-refractivity contribution is 5.91. The number of ether oxygens (including phenoxy) is 5. The molecule has 0 aliphatic heterocycles. The lowest BCUT2D eigenvalue weighted by Crippen LogP contribution is -2.10. The third-order valence-corrected chi connectivity index (χ3v) is 4.80. The Balaban J connectivity index is 1.79. The fraction of sp³-hybridized carbons (Fsp3) is 0.250. The zero-order valence-electron chi connectivity index (χ0n) is 18.3. The van der Waals surface area contributed by atoms with Crippen molar-refractivity contribution in [1.29, 1.82) is 0 Å². The second-order valence-corrected chi connectivity index (χ2v) is 6.80. The summed E-state index contributed by atoms with van der Waals surface area (Å²) in [5.41, 5.74) is 1.91. The molecule has 1 heterocycles. The zero-order valence-corrected chi connectivity index (χ0v) is 18.3. The summed E-state index contributed by atoms with van der Waals surface area (Å²) in [7, 11) is 6.17. The Kier molecular flexibility index (Phi) is 7.49. The highest BCUT2D eigenvalue weighted by atomic mass is 19.1. The van der Waals surface area contributed by atoms with Gasteiger partial charge in [0, 0.05) is 6.20 Å². The first-order valence-electron chi connectivity index (χ1n) is 9.77. The van der Waals surface area contributed by atoms with Gasteiger partial charge < -0.3 is 23.7 Å². The number of methoxy groups -OCH3 is 4. The van der Waals surface area contributed by atoms with Crippen LogP contribution in [0.5, 0.6) is 28.7 Å². The van der Waals surface area contributed by atoms with Gasteiger partial charge in [0.15, 0.2) is 23.0 Å². The molecule has 0 radical (unpaired) electrons. The smallest absolute Gasteiger partial charge is 0.345 e. The number of hydrogen-bond donors (Lipinski definition) is 0. The molecule has 2 aromatic carbocycles. The number of carbonyl (C=O) groups excluding carboxylic acids is 1. The van der Waals surface area contributed by atoms with Crippen molar-refractivity contribution >= 4 is 5.97 Å². The van der Waals surface area contributed by atoms with E-state index in [9.17, 15) is 9.18 Å². The first-order chi connectivity index (χ1) is 15.5. The van der Waals surface area contributed by atoms with Crippen molar-refractivity contribution in [3.8, 4) is 28.7 Å². The van der Waals surface area contributed by atoms with Crippen LogP contribution in [0.4, 0.5) is 4.39 Å². The van der Waals surface area contributed by atoms with Crippen molar-refractivity contribution in [2.45, 2.75) is 12.8 Å². The van der Waals surface area contributed by atoms with Crippen molar-refractivity contribution in [2.75, 3.05) is 28.4 Å². The minimum atomic E-state index is -0.725. The molecule has 168 valence electrons. The van der Waals surface area contributed by atoms with Gasteiger partial charge in [0.2, 0.25) is 5.75 Å². The SMILES string of the molecule is COc1ccc(CCc2cc(OC)c(OC)c(OC)c2)cc1OC(=O)c1cncc(F)c1. The number of hydrogen-bond acceptors (Lipinski definition) is 7. The first-order valence-corrected chi connectivity index (χ1v) is 9.77. The van der Waals surface area contributed by atoms with Gasteiger partial charge in [0.1, 0.15) is 5.82 Å². The molecule has 32 heavy (non-hydrogen) atoms. The predicted molar refractivity (Wildman–Crippen MR) is 116 cm³/mol. The maximum absolute atomic E-state index is 13.4. The summed E-state index contributed by atoms with van der Waals surface area (Å²) >= 11 is 0. The van der Waals surface area contributed by atoms with E-state index in [0.29, 0.717) is 35.8 Å². The summed E-state index contributed by atoms with van der Waals surface area (Å²) in [6, 6.07) is 10.2. The number of aryl methyl sites for hydroxylation is 2. The van der Waals surface area contributed by atoms with E-state index in [1.807, 2.05) is 18.2 Å². The Morgan fingerprint density at radius 3 is 2.00 bits per heavy atom. The van der Waals surface area contributed by atoms with Crippen LogP contribution in [0.15, 0.2) is 48.8 Å². The number of esters is 1. The third-order valence-electron chi connectivity index (χ3n) is 4.80. The number of nitrogens with zero attached hydrogens (tertiary/aromatic N) is 1. The number of rotatable bonds is 9. The minimum absolute atomic E-state index is 0.00915. The molecule has 0 N–H and O–H groups in total. The number of benzene rings is 2. The molecular formula is C24H24FNO6. The van der Waals surface area contributed by atoms with Crippen molar-refractivity contribution in [3.63, 3.8) is 0 Å². The Morgan fingerprint density at radius 2 is 1.41 bits per heavy atom. The zero-order chi connectivity index (χ0) is 23.1. The number of halogens is 1. The molecule has 0 bridgehead atoms. The lowest BCUT2D eigenvalue weighted by molar-refractivity contribution is 0.0728. The number of carbonyl (C=O) groups is 1. The van der Waals surface area contributed by atoms with Gasteiger partial charge >= 0.3 is 5.97 Å². The van der Waals surface area contributed by atoms with Crippen LogP contribution in [-0.4, -0.2) is 39.4 Å². The van der Waals surface area contributed by atoms with Crippen LogP contribution < -0.4 is 23.7 Å². The topological polar surface area (TPSA) is 76.1 Å². The summed E-state index contributed by atoms with van der Waals surface area (Å²) < 4.78 is 40.3. The van der Waals surface area contributed by atoms with Crippen LogP contribution >= 0.6 is 0 Å². The molecule has 8 heteroatoms. The van der Waals surface area contributed by atoms with Gasteiger partial charge in [-0.2, -0.15) is 0 Å². The molecule has 7 nitrogen and oxygen atoms in total. The molecule has 0 spiro atoms. The number of aromatic nitrogens is 1. The molecule has 0 saturated carbocycles. The largest absolute Gasteiger partial charge is 0.493 e. The van der Waals surface area contributed by atoms with Crippen molar-refractivity contribution < 1.29 is 32.9 Å². The van der Waals surface area contributed by atoms with Gasteiger partial charge in [-0.15, -0.1) is 0 Å². The van der Waals surface area contributed by atoms with E-state index in [1.165, 1.54) is 13.3 Å². The average Bonchev–Trinajstić information content (AvgIpc) is 2.82. The van der Waals surface area contributed by atoms with Crippen molar-refractivity contribution in [3.05, 3.63) is 71.3 Å². The Hall–Kier alpha value is -3.81. The molecule has 0 atom stereocenters. The Bertz CT molecular complexity index is 1080. The molecule has 0 aliphatic rings. The second kappa shape index (κ2) is 10.5. The van der Waals surface area contributed by atoms with E-state index >= 15 is 0 Å². The first kappa shape index (κ1) is 22.9. The standard InChI is InChI=1S/C24H24FNO6/c1-28-19-8-7-15(9-20(19)32-24(27)17-12-18(25)14-26-13-17)5-6-16-10-21(29-2)23(31-4)22(11-16)30-3/h7-14H,5-6H2,1-4H3. The van der Waals surface area contributed by atoms with E-state index in [2.05, 4.69) is 4.98 Å². The van der Waals surface area contributed by atoms with Crippen molar-refractivity contribution in [1.82, 2.24) is 4.98 Å². The molecule has 0 aliphatic carbocycles. The van der Waals surface area contributed by atoms with Gasteiger partial charge in [-0.3, -0.25) is 4.98 Å². The van der Waals surface area contributed by atoms with Crippen LogP contribution in [0.2, 0.25) is 0 Å². The molecule has 0 unspecified atom stereocenters. The van der Waals surface area contributed by atoms with E-state index in [0.717, 1.165) is 23.4 Å². The van der Waals surface area contributed by atoms with Crippen LogP contribution in [0.25, 0.3) is 0 Å². The molecule has 3 rings (SSSR count). The van der Waals surface area contributed by atoms with Crippen LogP contribution in [0.3, 0.4) is 0 Å². The average molecular weight is 441 g/mol. The number of pyridine rings is 1. The van der Waals surface area contributed by atoms with Crippen LogP contribution in [0.1, 0.15) is 21.5 Å². The quantitative estimate of drug-likeness (QED) is 0.363. The molecule has 0 amide bonds. The lowest BCUT2D eigenvalue weighted by Gasteiger charge is -2.14.